The van der Waals surface area contributed by atoms with E-state index >= 15 is 0 Å². The molecule has 22 heavy (non-hydrogen) atoms. The van der Waals surface area contributed by atoms with Crippen molar-refractivity contribution < 1.29 is 4.79 Å². The first kappa shape index (κ1) is 15.5. The van der Waals surface area contributed by atoms with Gasteiger partial charge in [0.25, 0.3) is 0 Å². The molecule has 2 aromatic rings. The number of likely N-dealkylation sites (tertiary alicyclic amines) is 1. The van der Waals surface area contributed by atoms with Crippen LogP contribution in [0, 0.1) is 5.92 Å². The molecule has 1 aromatic heterocycles. The van der Waals surface area contributed by atoms with E-state index in [4.69, 9.17) is 0 Å². The van der Waals surface area contributed by atoms with Gasteiger partial charge in [-0.15, -0.1) is 10.2 Å². The summed E-state index contributed by atoms with van der Waals surface area (Å²) in [5, 5.41) is 9.30. The minimum Gasteiger partial charge on any atom is -0.342 e. The molecule has 6 heteroatoms. The highest BCUT2D eigenvalue weighted by Crippen LogP contribution is 2.29. The molecule has 0 radical (unpaired) electrons. The lowest BCUT2D eigenvalue weighted by Crippen LogP contribution is -2.38. The van der Waals surface area contributed by atoms with Gasteiger partial charge < -0.3 is 4.90 Å². The van der Waals surface area contributed by atoms with Gasteiger partial charge in [0.1, 0.15) is 5.01 Å². The molecular weight excluding hydrogens is 314 g/mol. The predicted octanol–water partition coefficient (Wildman–Crippen LogP) is 3.56. The second-order valence-corrected chi connectivity index (χ2v) is 7.79. The summed E-state index contributed by atoms with van der Waals surface area (Å²) in [6, 6.07) is 10.0. The Labute approximate surface area is 138 Å². The van der Waals surface area contributed by atoms with Gasteiger partial charge in [0, 0.05) is 18.7 Å². The van der Waals surface area contributed by atoms with E-state index in [2.05, 4.69) is 17.1 Å². The van der Waals surface area contributed by atoms with Crippen molar-refractivity contribution in [1.29, 1.82) is 0 Å². The number of carbonyl (C=O) groups excluding carboxylic acids is 1. The molecule has 0 saturated carbocycles. The van der Waals surface area contributed by atoms with Crippen molar-refractivity contribution in [2.75, 3.05) is 18.8 Å². The summed E-state index contributed by atoms with van der Waals surface area (Å²) >= 11 is 3.04. The lowest BCUT2D eigenvalue weighted by Gasteiger charge is -2.30. The van der Waals surface area contributed by atoms with E-state index < -0.39 is 0 Å². The Balaban J connectivity index is 1.54. The van der Waals surface area contributed by atoms with Crippen LogP contribution in [0.4, 0.5) is 0 Å². The Kier molecular flexibility index (Phi) is 5.10. The Hall–Kier alpha value is -1.40. The zero-order valence-corrected chi connectivity index (χ0v) is 14.2. The normalized spacial score (nSPS) is 16.0. The number of nitrogens with zero attached hydrogens (tertiary/aromatic N) is 3. The molecule has 4 nitrogen and oxygen atoms in total. The van der Waals surface area contributed by atoms with Gasteiger partial charge in [-0.25, -0.2) is 0 Å². The topological polar surface area (TPSA) is 46.1 Å². The van der Waals surface area contributed by atoms with Crippen LogP contribution in [0.1, 0.15) is 19.8 Å². The maximum absolute atomic E-state index is 12.2. The summed E-state index contributed by atoms with van der Waals surface area (Å²) in [6.45, 7) is 4.04. The first-order valence-corrected chi connectivity index (χ1v) is 9.32. The molecule has 1 saturated heterocycles. The highest BCUT2D eigenvalue weighted by molar-refractivity contribution is 8.01. The first-order valence-electron chi connectivity index (χ1n) is 7.52. The molecule has 1 aliphatic rings. The van der Waals surface area contributed by atoms with Crippen LogP contribution in [0.25, 0.3) is 10.6 Å². The summed E-state index contributed by atoms with van der Waals surface area (Å²) in [6.07, 6.45) is 2.24. The molecule has 0 atom stereocenters. The van der Waals surface area contributed by atoms with E-state index in [1.54, 1.807) is 11.3 Å². The number of benzene rings is 1. The fourth-order valence-corrected chi connectivity index (χ4v) is 4.20. The molecule has 2 heterocycles. The molecule has 0 spiro atoms. The number of carbonyl (C=O) groups is 1. The van der Waals surface area contributed by atoms with Crippen molar-refractivity contribution in [3.63, 3.8) is 0 Å². The number of aromatic nitrogens is 2. The SMILES string of the molecule is CC1CCN(C(=O)CSc2nnc(-c3ccccc3)s2)CC1. The summed E-state index contributed by atoms with van der Waals surface area (Å²) in [5.41, 5.74) is 1.07. The lowest BCUT2D eigenvalue weighted by molar-refractivity contribution is -0.129. The van der Waals surface area contributed by atoms with Gasteiger partial charge in [-0.05, 0) is 18.8 Å². The van der Waals surface area contributed by atoms with Gasteiger partial charge in [-0.1, -0.05) is 60.4 Å². The van der Waals surface area contributed by atoms with Crippen LogP contribution in [0.2, 0.25) is 0 Å². The first-order chi connectivity index (χ1) is 10.7. The van der Waals surface area contributed by atoms with Crippen LogP contribution >= 0.6 is 23.1 Å². The average molecular weight is 333 g/mol. The third kappa shape index (κ3) is 3.87. The number of hydrogen-bond acceptors (Lipinski definition) is 5. The molecule has 1 aromatic carbocycles. The fraction of sp³-hybridized carbons (Fsp3) is 0.438. The third-order valence-electron chi connectivity index (χ3n) is 3.88. The maximum atomic E-state index is 12.2. The molecule has 116 valence electrons. The molecule has 3 rings (SSSR count). The molecule has 1 amide bonds. The van der Waals surface area contributed by atoms with Crippen molar-refractivity contribution in [1.82, 2.24) is 15.1 Å². The molecule has 0 aliphatic carbocycles. The summed E-state index contributed by atoms with van der Waals surface area (Å²) in [4.78, 5) is 14.2. The van der Waals surface area contributed by atoms with Gasteiger partial charge in [-0.3, -0.25) is 4.79 Å². The van der Waals surface area contributed by atoms with E-state index in [0.29, 0.717) is 5.75 Å². The van der Waals surface area contributed by atoms with Gasteiger partial charge in [0.15, 0.2) is 4.34 Å². The van der Waals surface area contributed by atoms with Crippen molar-refractivity contribution >= 4 is 29.0 Å². The second-order valence-electron chi connectivity index (χ2n) is 5.59. The number of hydrogen-bond donors (Lipinski definition) is 0. The number of thioether (sulfide) groups is 1. The fourth-order valence-electron chi connectivity index (χ4n) is 2.44. The summed E-state index contributed by atoms with van der Waals surface area (Å²) in [7, 11) is 0. The predicted molar refractivity (Wildman–Crippen MR) is 91.0 cm³/mol. The second kappa shape index (κ2) is 7.24. The third-order valence-corrected chi connectivity index (χ3v) is 5.97. The van der Waals surface area contributed by atoms with Crippen LogP contribution in [-0.4, -0.2) is 39.8 Å². The molecule has 1 aliphatic heterocycles. The maximum Gasteiger partial charge on any atom is 0.233 e. The van der Waals surface area contributed by atoms with E-state index in [0.717, 1.165) is 46.8 Å². The van der Waals surface area contributed by atoms with Crippen molar-refractivity contribution in [2.45, 2.75) is 24.1 Å². The van der Waals surface area contributed by atoms with Crippen molar-refractivity contribution in [3.05, 3.63) is 30.3 Å². The van der Waals surface area contributed by atoms with Gasteiger partial charge >= 0.3 is 0 Å². The minimum atomic E-state index is 0.216. The Morgan fingerprint density at radius 3 is 2.73 bits per heavy atom. The Morgan fingerprint density at radius 1 is 1.27 bits per heavy atom. The van der Waals surface area contributed by atoms with Gasteiger partial charge in [0.05, 0.1) is 5.75 Å². The highest BCUT2D eigenvalue weighted by atomic mass is 32.2. The molecular formula is C16H19N3OS2. The Bertz CT molecular complexity index is 621. The van der Waals surface area contributed by atoms with Crippen LogP contribution in [0.3, 0.4) is 0 Å². The van der Waals surface area contributed by atoms with Gasteiger partial charge in [-0.2, -0.15) is 0 Å². The summed E-state index contributed by atoms with van der Waals surface area (Å²) in [5.74, 6) is 1.42. The van der Waals surface area contributed by atoms with E-state index in [9.17, 15) is 4.79 Å². The monoisotopic (exact) mass is 333 g/mol. The van der Waals surface area contributed by atoms with E-state index in [1.807, 2.05) is 35.2 Å². The van der Waals surface area contributed by atoms with Crippen molar-refractivity contribution in [2.24, 2.45) is 5.92 Å². The quantitative estimate of drug-likeness (QED) is 0.803. The standard InChI is InChI=1S/C16H19N3OS2/c1-12-7-9-19(10-8-12)14(20)11-21-16-18-17-15(22-16)13-5-3-2-4-6-13/h2-6,12H,7-11H2,1H3. The zero-order valence-electron chi connectivity index (χ0n) is 12.6. The largest absolute Gasteiger partial charge is 0.342 e. The lowest BCUT2D eigenvalue weighted by atomic mass is 9.99. The van der Waals surface area contributed by atoms with Crippen LogP contribution < -0.4 is 0 Å². The number of rotatable bonds is 4. The van der Waals surface area contributed by atoms with Crippen molar-refractivity contribution in [3.8, 4) is 10.6 Å². The van der Waals surface area contributed by atoms with E-state index in [1.165, 1.54) is 11.8 Å². The number of piperidine rings is 1. The zero-order chi connectivity index (χ0) is 15.4. The highest BCUT2D eigenvalue weighted by Gasteiger charge is 2.20. The summed E-state index contributed by atoms with van der Waals surface area (Å²) < 4.78 is 0.859. The minimum absolute atomic E-state index is 0.216. The Morgan fingerprint density at radius 2 is 2.00 bits per heavy atom. The number of amides is 1. The van der Waals surface area contributed by atoms with E-state index in [-0.39, 0.29) is 5.91 Å². The van der Waals surface area contributed by atoms with Crippen LogP contribution in [0.15, 0.2) is 34.7 Å². The molecule has 0 bridgehead atoms. The molecule has 0 unspecified atom stereocenters. The molecule has 0 N–H and O–H groups in total. The van der Waals surface area contributed by atoms with Gasteiger partial charge in [0.2, 0.25) is 5.91 Å². The van der Waals surface area contributed by atoms with Crippen LogP contribution in [-0.2, 0) is 4.79 Å². The average Bonchev–Trinajstić information content (AvgIpc) is 3.03. The van der Waals surface area contributed by atoms with Crippen LogP contribution in [0.5, 0.6) is 0 Å². The molecule has 1 fully saturated rings. The smallest absolute Gasteiger partial charge is 0.233 e.